The van der Waals surface area contributed by atoms with Gasteiger partial charge in [-0.15, -0.1) is 0 Å². The fourth-order valence-electron chi connectivity index (χ4n) is 3.26. The van der Waals surface area contributed by atoms with E-state index < -0.39 is 0 Å². The molecule has 1 aromatic rings. The van der Waals surface area contributed by atoms with Crippen molar-refractivity contribution >= 4 is 17.2 Å². The third-order valence-corrected chi connectivity index (χ3v) is 5.32. The van der Waals surface area contributed by atoms with Crippen molar-refractivity contribution in [2.24, 2.45) is 5.92 Å². The largest absolute Gasteiger partial charge is 0.381 e. The van der Waals surface area contributed by atoms with Crippen LogP contribution in [0.4, 0.5) is 0 Å². The molecule has 0 saturated carbocycles. The molecule has 5 heteroatoms. The van der Waals surface area contributed by atoms with E-state index in [1.807, 2.05) is 16.8 Å². The zero-order chi connectivity index (χ0) is 14.7. The van der Waals surface area contributed by atoms with Gasteiger partial charge in [-0.2, -0.15) is 11.3 Å². The summed E-state index contributed by atoms with van der Waals surface area (Å²) >= 11 is 1.59. The number of hydrogen-bond donors (Lipinski definition) is 0. The van der Waals surface area contributed by atoms with Crippen LogP contribution in [-0.2, 0) is 4.74 Å². The van der Waals surface area contributed by atoms with Crippen molar-refractivity contribution in [1.82, 2.24) is 9.80 Å². The Hall–Kier alpha value is -0.910. The summed E-state index contributed by atoms with van der Waals surface area (Å²) in [6, 6.07) is 2.33. The molecule has 2 fully saturated rings. The molecule has 0 aliphatic carbocycles. The van der Waals surface area contributed by atoms with Crippen LogP contribution in [0.2, 0.25) is 0 Å². The van der Waals surface area contributed by atoms with Crippen LogP contribution in [0.5, 0.6) is 0 Å². The maximum atomic E-state index is 12.9. The second-order valence-corrected chi connectivity index (χ2v) is 7.01. The second-order valence-electron chi connectivity index (χ2n) is 6.23. The number of amides is 1. The van der Waals surface area contributed by atoms with Crippen molar-refractivity contribution in [2.75, 3.05) is 39.9 Å². The number of carbonyl (C=O) groups is 1. The van der Waals surface area contributed by atoms with Crippen molar-refractivity contribution in [3.8, 4) is 0 Å². The maximum Gasteiger partial charge on any atom is 0.254 e. The molecule has 1 atom stereocenters. The number of piperidine rings is 1. The Balaban J connectivity index is 1.71. The summed E-state index contributed by atoms with van der Waals surface area (Å²) < 4.78 is 5.49. The van der Waals surface area contributed by atoms with E-state index >= 15 is 0 Å². The van der Waals surface area contributed by atoms with E-state index in [9.17, 15) is 4.79 Å². The Labute approximate surface area is 130 Å². The van der Waals surface area contributed by atoms with E-state index in [1.54, 1.807) is 11.3 Å². The molecule has 2 aliphatic heterocycles. The van der Waals surface area contributed by atoms with Gasteiger partial charge < -0.3 is 14.5 Å². The van der Waals surface area contributed by atoms with Crippen LogP contribution in [0.15, 0.2) is 16.8 Å². The highest BCUT2D eigenvalue weighted by atomic mass is 32.1. The van der Waals surface area contributed by atoms with Gasteiger partial charge in [-0.25, -0.2) is 0 Å². The smallest absolute Gasteiger partial charge is 0.254 e. The van der Waals surface area contributed by atoms with Crippen molar-refractivity contribution in [3.63, 3.8) is 0 Å². The van der Waals surface area contributed by atoms with Crippen LogP contribution in [0, 0.1) is 5.92 Å². The second kappa shape index (κ2) is 6.90. The first kappa shape index (κ1) is 15.0. The summed E-state index contributed by atoms with van der Waals surface area (Å²) in [6.07, 6.45) is 3.25. The van der Waals surface area contributed by atoms with Crippen molar-refractivity contribution in [1.29, 1.82) is 0 Å². The average molecular weight is 308 g/mol. The van der Waals surface area contributed by atoms with Gasteiger partial charge in [-0.1, -0.05) is 0 Å². The number of nitrogens with zero attached hydrogens (tertiary/aromatic N) is 2. The number of hydrogen-bond acceptors (Lipinski definition) is 4. The lowest BCUT2D eigenvalue weighted by atomic mass is 10.00. The molecule has 0 aromatic carbocycles. The molecule has 1 unspecified atom stereocenters. The van der Waals surface area contributed by atoms with Gasteiger partial charge in [0.05, 0.1) is 12.2 Å². The van der Waals surface area contributed by atoms with Gasteiger partial charge in [0, 0.05) is 30.5 Å². The predicted octanol–water partition coefficient (Wildman–Crippen LogP) is 2.32. The lowest BCUT2D eigenvalue weighted by Gasteiger charge is -2.38. The zero-order valence-electron chi connectivity index (χ0n) is 12.7. The van der Waals surface area contributed by atoms with Gasteiger partial charge in [0.25, 0.3) is 5.91 Å². The Bertz CT molecular complexity index is 449. The van der Waals surface area contributed by atoms with Gasteiger partial charge >= 0.3 is 0 Å². The molecule has 2 saturated heterocycles. The van der Waals surface area contributed by atoms with E-state index in [0.29, 0.717) is 12.0 Å². The summed E-state index contributed by atoms with van der Waals surface area (Å²) in [5.74, 6) is 0.713. The molecule has 0 spiro atoms. The molecule has 0 N–H and O–H groups in total. The van der Waals surface area contributed by atoms with E-state index in [-0.39, 0.29) is 5.91 Å². The monoisotopic (exact) mass is 308 g/mol. The summed E-state index contributed by atoms with van der Waals surface area (Å²) in [6.45, 7) is 4.67. The first-order valence-corrected chi connectivity index (χ1v) is 8.78. The van der Waals surface area contributed by atoms with Crippen molar-refractivity contribution < 1.29 is 9.53 Å². The molecular formula is C16H24N2O2S. The highest BCUT2D eigenvalue weighted by Crippen LogP contribution is 2.23. The number of rotatable bonds is 4. The average Bonchev–Trinajstić information content (AvgIpc) is 3.18. The first-order valence-electron chi connectivity index (χ1n) is 7.83. The quantitative estimate of drug-likeness (QED) is 0.856. The third-order valence-electron chi connectivity index (χ3n) is 4.64. The van der Waals surface area contributed by atoms with Crippen LogP contribution in [-0.4, -0.2) is 61.6 Å². The molecule has 116 valence electrons. The standard InChI is InChI=1S/C16H24N2O2S/c1-17-6-2-15(3-7-17)18(10-13-4-8-20-11-13)16(19)14-5-9-21-12-14/h5,9,12-13,15H,2-4,6-8,10-11H2,1H3. The zero-order valence-corrected chi connectivity index (χ0v) is 13.5. The highest BCUT2D eigenvalue weighted by Gasteiger charge is 2.30. The normalized spacial score (nSPS) is 24.3. The lowest BCUT2D eigenvalue weighted by Crippen LogP contribution is -2.48. The van der Waals surface area contributed by atoms with Crippen LogP contribution in [0.25, 0.3) is 0 Å². The predicted molar refractivity (Wildman–Crippen MR) is 84.8 cm³/mol. The first-order chi connectivity index (χ1) is 10.2. The molecule has 3 rings (SSSR count). The van der Waals surface area contributed by atoms with E-state index in [4.69, 9.17) is 4.74 Å². The van der Waals surface area contributed by atoms with Crippen molar-refractivity contribution in [3.05, 3.63) is 22.4 Å². The van der Waals surface area contributed by atoms with E-state index in [1.165, 1.54) is 0 Å². The Morgan fingerprint density at radius 1 is 1.43 bits per heavy atom. The molecule has 21 heavy (non-hydrogen) atoms. The molecule has 4 nitrogen and oxygen atoms in total. The Morgan fingerprint density at radius 2 is 2.24 bits per heavy atom. The van der Waals surface area contributed by atoms with E-state index in [0.717, 1.165) is 57.7 Å². The van der Waals surface area contributed by atoms with Gasteiger partial charge in [0.2, 0.25) is 0 Å². The summed E-state index contributed by atoms with van der Waals surface area (Å²) in [5.41, 5.74) is 0.845. The van der Waals surface area contributed by atoms with Crippen LogP contribution < -0.4 is 0 Å². The van der Waals surface area contributed by atoms with E-state index in [2.05, 4.69) is 16.8 Å². The van der Waals surface area contributed by atoms with Crippen molar-refractivity contribution in [2.45, 2.75) is 25.3 Å². The molecule has 0 bridgehead atoms. The number of ether oxygens (including phenoxy) is 1. The number of carbonyl (C=O) groups excluding carboxylic acids is 1. The summed E-state index contributed by atoms with van der Waals surface area (Å²) in [7, 11) is 2.16. The van der Waals surface area contributed by atoms with Gasteiger partial charge in [0.15, 0.2) is 0 Å². The van der Waals surface area contributed by atoms with Gasteiger partial charge in [-0.05, 0) is 50.8 Å². The molecule has 2 aliphatic rings. The molecule has 1 amide bonds. The third kappa shape index (κ3) is 3.65. The SMILES string of the molecule is CN1CCC(N(CC2CCOC2)C(=O)c2ccsc2)CC1. The summed E-state index contributed by atoms with van der Waals surface area (Å²) in [5, 5.41) is 3.95. The minimum Gasteiger partial charge on any atom is -0.381 e. The topological polar surface area (TPSA) is 32.8 Å². The van der Waals surface area contributed by atoms with Crippen LogP contribution >= 0.6 is 11.3 Å². The Morgan fingerprint density at radius 3 is 2.86 bits per heavy atom. The minimum atomic E-state index is 0.206. The fraction of sp³-hybridized carbons (Fsp3) is 0.688. The minimum absolute atomic E-state index is 0.206. The number of thiophene rings is 1. The van der Waals surface area contributed by atoms with Gasteiger partial charge in [-0.3, -0.25) is 4.79 Å². The molecule has 1 aromatic heterocycles. The molecule has 3 heterocycles. The maximum absolute atomic E-state index is 12.9. The lowest BCUT2D eigenvalue weighted by molar-refractivity contribution is 0.0537. The highest BCUT2D eigenvalue weighted by molar-refractivity contribution is 7.08. The molecule has 0 radical (unpaired) electrons. The van der Waals surface area contributed by atoms with Gasteiger partial charge in [0.1, 0.15) is 0 Å². The Kier molecular flexibility index (Phi) is 4.93. The summed E-state index contributed by atoms with van der Waals surface area (Å²) in [4.78, 5) is 17.3. The number of likely N-dealkylation sites (tertiary alicyclic amines) is 1. The molecular weight excluding hydrogens is 284 g/mol. The van der Waals surface area contributed by atoms with Crippen LogP contribution in [0.1, 0.15) is 29.6 Å². The van der Waals surface area contributed by atoms with Crippen LogP contribution in [0.3, 0.4) is 0 Å². The fourth-order valence-corrected chi connectivity index (χ4v) is 3.89.